The van der Waals surface area contributed by atoms with Crippen LogP contribution in [-0.2, 0) is 6.61 Å². The van der Waals surface area contributed by atoms with Crippen molar-refractivity contribution in [1.29, 1.82) is 0 Å². The lowest BCUT2D eigenvalue weighted by atomic mass is 10.2. The quantitative estimate of drug-likeness (QED) is 0.879. The van der Waals surface area contributed by atoms with Crippen LogP contribution in [0.3, 0.4) is 0 Å². The summed E-state index contributed by atoms with van der Waals surface area (Å²) in [5.74, 6) is 0.217. The summed E-state index contributed by atoms with van der Waals surface area (Å²) < 4.78 is 10.4. The average Bonchev–Trinajstić information content (AvgIpc) is 2.46. The van der Waals surface area contributed by atoms with Gasteiger partial charge in [-0.15, -0.1) is 0 Å². The molecule has 0 saturated carbocycles. The molecule has 0 bridgehead atoms. The number of benzene rings is 1. The molecule has 0 aliphatic rings. The lowest BCUT2D eigenvalue weighted by Gasteiger charge is -2.22. The molecule has 0 atom stereocenters. The molecule has 1 aromatic heterocycles. The van der Waals surface area contributed by atoms with Crippen molar-refractivity contribution < 1.29 is 19.1 Å². The first-order chi connectivity index (χ1) is 10.3. The molecule has 1 amide bonds. The predicted molar refractivity (Wildman–Crippen MR) is 82.2 cm³/mol. The van der Waals surface area contributed by atoms with Crippen molar-refractivity contribution in [2.45, 2.75) is 13.5 Å². The van der Waals surface area contributed by atoms with Crippen LogP contribution in [0.25, 0.3) is 0 Å². The molecule has 116 valence electrons. The van der Waals surface area contributed by atoms with Crippen LogP contribution in [0.4, 0.5) is 10.7 Å². The summed E-state index contributed by atoms with van der Waals surface area (Å²) in [5, 5.41) is 9.34. The van der Waals surface area contributed by atoms with E-state index in [4.69, 9.17) is 9.15 Å². The zero-order valence-corrected chi connectivity index (χ0v) is 12.7. The Kier molecular flexibility index (Phi) is 4.32. The van der Waals surface area contributed by atoms with Crippen LogP contribution in [0.15, 0.2) is 45.6 Å². The fraction of sp³-hybridized carbons (Fsp3) is 0.250. The number of rotatable bonds is 4. The van der Waals surface area contributed by atoms with Crippen molar-refractivity contribution in [1.82, 2.24) is 4.48 Å². The smallest absolute Gasteiger partial charge is 0.477 e. The van der Waals surface area contributed by atoms with Crippen molar-refractivity contribution in [3.63, 3.8) is 0 Å². The minimum atomic E-state index is -1.15. The van der Waals surface area contributed by atoms with E-state index in [0.717, 1.165) is 5.56 Å². The Morgan fingerprint density at radius 3 is 2.50 bits per heavy atom. The Labute approximate surface area is 127 Å². The molecule has 6 nitrogen and oxygen atoms in total. The molecule has 1 heterocycles. The van der Waals surface area contributed by atoms with E-state index in [1.54, 1.807) is 6.92 Å². The third kappa shape index (κ3) is 3.17. The molecule has 0 saturated heterocycles. The van der Waals surface area contributed by atoms with E-state index in [2.05, 4.69) is 0 Å². The van der Waals surface area contributed by atoms with Gasteiger partial charge in [-0.2, -0.15) is 9.28 Å². The molecular formula is C16H18NO5+. The van der Waals surface area contributed by atoms with Gasteiger partial charge in [0.2, 0.25) is 5.43 Å². The number of ether oxygens (including phenoxy) is 1. The lowest BCUT2D eigenvalue weighted by molar-refractivity contribution is 0.154. The highest BCUT2D eigenvalue weighted by atomic mass is 16.5. The Morgan fingerprint density at radius 2 is 1.91 bits per heavy atom. The van der Waals surface area contributed by atoms with Crippen LogP contribution >= 0.6 is 0 Å². The molecule has 0 aliphatic heterocycles. The van der Waals surface area contributed by atoms with Gasteiger partial charge in [0.15, 0.2) is 0 Å². The van der Waals surface area contributed by atoms with E-state index in [-0.39, 0.29) is 18.2 Å². The van der Waals surface area contributed by atoms with Crippen LogP contribution < -0.4 is 14.6 Å². The first-order valence-electron chi connectivity index (χ1n) is 6.72. The molecular weight excluding hydrogens is 286 g/mol. The predicted octanol–water partition coefficient (Wildman–Crippen LogP) is 2.77. The van der Waals surface area contributed by atoms with Gasteiger partial charge < -0.3 is 14.3 Å². The number of nitrogens with zero attached hydrogens (tertiary/aromatic N) is 1. The third-order valence-electron chi connectivity index (χ3n) is 3.22. The average molecular weight is 304 g/mol. The number of hydrogen-bond donors (Lipinski definition) is 1. The number of hydrogen-bond acceptors (Lipinski definition) is 4. The van der Waals surface area contributed by atoms with Gasteiger partial charge in [-0.1, -0.05) is 30.3 Å². The van der Waals surface area contributed by atoms with Gasteiger partial charge in [-0.25, -0.2) is 0 Å². The Morgan fingerprint density at radius 1 is 1.27 bits per heavy atom. The summed E-state index contributed by atoms with van der Waals surface area (Å²) in [4.78, 5) is 23.6. The van der Waals surface area contributed by atoms with Crippen molar-refractivity contribution in [2.75, 3.05) is 14.1 Å². The largest absolute Gasteiger partial charge is 0.521 e. The minimum absolute atomic E-state index is 0.0339. The van der Waals surface area contributed by atoms with Crippen LogP contribution in [0, 0.1) is 6.92 Å². The van der Waals surface area contributed by atoms with E-state index < -0.39 is 16.0 Å². The normalized spacial score (nSPS) is 11.2. The van der Waals surface area contributed by atoms with E-state index >= 15 is 0 Å². The van der Waals surface area contributed by atoms with Crippen molar-refractivity contribution in [3.05, 3.63) is 57.9 Å². The molecule has 2 rings (SSSR count). The van der Waals surface area contributed by atoms with Gasteiger partial charge in [0.1, 0.15) is 12.4 Å². The SMILES string of the molecule is Cc1cc(=O)c(OCc2ccccc2)c([N+](C)(C)C(=O)O)o1. The summed E-state index contributed by atoms with van der Waals surface area (Å²) in [6.45, 7) is 1.75. The zero-order valence-electron chi connectivity index (χ0n) is 12.7. The number of amides is 1. The van der Waals surface area contributed by atoms with E-state index in [9.17, 15) is 14.7 Å². The van der Waals surface area contributed by atoms with Gasteiger partial charge in [-0.05, 0) is 12.5 Å². The summed E-state index contributed by atoms with van der Waals surface area (Å²) in [5.41, 5.74) is 0.469. The monoisotopic (exact) mass is 304 g/mol. The number of carbonyl (C=O) groups is 1. The van der Waals surface area contributed by atoms with Crippen LogP contribution in [0.1, 0.15) is 11.3 Å². The molecule has 1 aromatic carbocycles. The Hall–Kier alpha value is -2.60. The summed E-state index contributed by atoms with van der Waals surface area (Å²) in [6, 6.07) is 10.6. The summed E-state index contributed by atoms with van der Waals surface area (Å²) >= 11 is 0. The summed E-state index contributed by atoms with van der Waals surface area (Å²) in [7, 11) is 2.82. The molecule has 22 heavy (non-hydrogen) atoms. The second-order valence-corrected chi connectivity index (χ2v) is 5.37. The summed E-state index contributed by atoms with van der Waals surface area (Å²) in [6.07, 6.45) is -1.15. The van der Waals surface area contributed by atoms with Crippen molar-refractivity contribution in [2.24, 2.45) is 0 Å². The second kappa shape index (κ2) is 6.03. The van der Waals surface area contributed by atoms with Crippen molar-refractivity contribution in [3.8, 4) is 5.75 Å². The van der Waals surface area contributed by atoms with Gasteiger partial charge in [-0.3, -0.25) is 4.79 Å². The number of carboxylic acid groups (broad SMARTS) is 1. The standard InChI is InChI=1S/C16H17NO5/c1-11-9-13(18)14(15(22-11)17(2,3)16(19)20)21-10-12-7-5-4-6-8-12/h4-9H,10H2,1-3H3/p+1. The van der Waals surface area contributed by atoms with Crippen LogP contribution in [-0.4, -0.2) is 25.3 Å². The van der Waals surface area contributed by atoms with E-state index in [0.29, 0.717) is 5.76 Å². The second-order valence-electron chi connectivity index (χ2n) is 5.37. The van der Waals surface area contributed by atoms with Gasteiger partial charge in [0.25, 0.3) is 5.75 Å². The van der Waals surface area contributed by atoms with E-state index in [1.807, 2.05) is 30.3 Å². The highest BCUT2D eigenvalue weighted by molar-refractivity contribution is 5.79. The fourth-order valence-electron chi connectivity index (χ4n) is 1.90. The Bertz CT molecular complexity index is 734. The molecule has 0 fully saturated rings. The molecule has 6 heteroatoms. The maximum atomic E-state index is 12.2. The highest BCUT2D eigenvalue weighted by Gasteiger charge is 2.37. The molecule has 0 radical (unpaired) electrons. The molecule has 1 N–H and O–H groups in total. The molecule has 0 spiro atoms. The molecule has 0 aliphatic carbocycles. The lowest BCUT2D eigenvalue weighted by Crippen LogP contribution is -2.46. The molecule has 0 unspecified atom stereocenters. The van der Waals surface area contributed by atoms with Crippen LogP contribution in [0.5, 0.6) is 5.75 Å². The maximum Gasteiger partial charge on any atom is 0.521 e. The van der Waals surface area contributed by atoms with Gasteiger partial charge >= 0.3 is 12.0 Å². The maximum absolute atomic E-state index is 12.2. The first-order valence-corrected chi connectivity index (χ1v) is 6.72. The highest BCUT2D eigenvalue weighted by Crippen LogP contribution is 2.30. The fourth-order valence-corrected chi connectivity index (χ4v) is 1.90. The Balaban J connectivity index is 2.42. The van der Waals surface area contributed by atoms with Crippen molar-refractivity contribution >= 4 is 12.0 Å². The topological polar surface area (TPSA) is 76.7 Å². The molecule has 2 aromatic rings. The first kappa shape index (κ1) is 15.8. The third-order valence-corrected chi connectivity index (χ3v) is 3.22. The van der Waals surface area contributed by atoms with E-state index in [1.165, 1.54) is 20.2 Å². The minimum Gasteiger partial charge on any atom is -0.477 e. The number of aryl methyl sites for hydroxylation is 1. The van der Waals surface area contributed by atoms with Gasteiger partial charge in [0, 0.05) is 6.07 Å². The number of quaternary nitrogens is 1. The van der Waals surface area contributed by atoms with Gasteiger partial charge in [0.05, 0.1) is 14.1 Å². The van der Waals surface area contributed by atoms with Crippen LogP contribution in [0.2, 0.25) is 0 Å². The zero-order chi connectivity index (χ0) is 16.3.